The molecule has 4 heteroatoms. The molecule has 0 atom stereocenters. The zero-order valence-corrected chi connectivity index (χ0v) is 10.7. The number of benzene rings is 2. The first-order valence-electron chi connectivity index (χ1n) is 5.46. The number of amides is 1. The predicted octanol–water partition coefficient (Wildman–Crippen LogP) is 4.37. The van der Waals surface area contributed by atoms with Gasteiger partial charge in [-0.15, -0.1) is 0 Å². The summed E-state index contributed by atoms with van der Waals surface area (Å²) in [4.78, 5) is 11.2. The SMILES string of the molecule is CSC(=O)Nc1ccc(Oc2ccccc2)cc1. The molecule has 0 aromatic heterocycles. The van der Waals surface area contributed by atoms with Crippen LogP contribution in [0.2, 0.25) is 0 Å². The smallest absolute Gasteiger partial charge is 0.283 e. The Labute approximate surface area is 110 Å². The van der Waals surface area contributed by atoms with Crippen LogP contribution in [0, 0.1) is 0 Å². The largest absolute Gasteiger partial charge is 0.457 e. The third kappa shape index (κ3) is 3.53. The second-order valence-corrected chi connectivity index (χ2v) is 4.34. The number of hydrogen-bond acceptors (Lipinski definition) is 3. The van der Waals surface area contributed by atoms with Crippen molar-refractivity contribution >= 4 is 22.7 Å². The topological polar surface area (TPSA) is 38.3 Å². The van der Waals surface area contributed by atoms with E-state index in [0.29, 0.717) is 0 Å². The van der Waals surface area contributed by atoms with Crippen molar-refractivity contribution in [1.29, 1.82) is 0 Å². The van der Waals surface area contributed by atoms with E-state index in [1.165, 1.54) is 0 Å². The number of nitrogens with one attached hydrogen (secondary N) is 1. The molecule has 0 saturated heterocycles. The van der Waals surface area contributed by atoms with Crippen LogP contribution in [0.1, 0.15) is 0 Å². The number of ether oxygens (including phenoxy) is 1. The van der Waals surface area contributed by atoms with E-state index in [-0.39, 0.29) is 5.24 Å². The molecule has 1 amide bonds. The van der Waals surface area contributed by atoms with Crippen LogP contribution in [0.25, 0.3) is 0 Å². The van der Waals surface area contributed by atoms with Gasteiger partial charge in [-0.3, -0.25) is 4.79 Å². The minimum absolute atomic E-state index is 0.0771. The van der Waals surface area contributed by atoms with Crippen molar-refractivity contribution in [1.82, 2.24) is 0 Å². The lowest BCUT2D eigenvalue weighted by molar-refractivity contribution is 0.270. The summed E-state index contributed by atoms with van der Waals surface area (Å²) in [5, 5.41) is 2.67. The first-order chi connectivity index (χ1) is 8.78. The second kappa shape index (κ2) is 6.12. The van der Waals surface area contributed by atoms with Crippen LogP contribution < -0.4 is 10.1 Å². The first-order valence-corrected chi connectivity index (χ1v) is 6.68. The number of para-hydroxylation sites is 1. The van der Waals surface area contributed by atoms with Gasteiger partial charge >= 0.3 is 0 Å². The molecule has 0 bridgehead atoms. The summed E-state index contributed by atoms with van der Waals surface area (Å²) in [5.41, 5.74) is 0.759. The number of carbonyl (C=O) groups is 1. The molecule has 18 heavy (non-hydrogen) atoms. The van der Waals surface area contributed by atoms with Gasteiger partial charge in [0, 0.05) is 5.69 Å². The molecule has 0 aliphatic rings. The Bertz CT molecular complexity index is 511. The maximum atomic E-state index is 11.2. The lowest BCUT2D eigenvalue weighted by Crippen LogP contribution is -2.03. The number of rotatable bonds is 3. The van der Waals surface area contributed by atoms with Crippen LogP contribution in [0.4, 0.5) is 10.5 Å². The molecular formula is C14H13NO2S. The van der Waals surface area contributed by atoms with Crippen LogP contribution in [0.5, 0.6) is 11.5 Å². The van der Waals surface area contributed by atoms with Crippen molar-refractivity contribution in [3.05, 3.63) is 54.6 Å². The van der Waals surface area contributed by atoms with Crippen molar-refractivity contribution in [2.75, 3.05) is 11.6 Å². The van der Waals surface area contributed by atoms with Gasteiger partial charge in [-0.1, -0.05) is 30.0 Å². The molecule has 0 radical (unpaired) electrons. The fourth-order valence-corrected chi connectivity index (χ4v) is 1.62. The van der Waals surface area contributed by atoms with Crippen molar-refractivity contribution < 1.29 is 9.53 Å². The van der Waals surface area contributed by atoms with Gasteiger partial charge in [0.2, 0.25) is 0 Å². The predicted molar refractivity (Wildman–Crippen MR) is 75.5 cm³/mol. The molecule has 0 unspecified atom stereocenters. The fraction of sp³-hybridized carbons (Fsp3) is 0.0714. The third-order valence-corrected chi connectivity index (χ3v) is 2.74. The average molecular weight is 259 g/mol. The van der Waals surface area contributed by atoms with E-state index in [9.17, 15) is 4.79 Å². The lowest BCUT2D eigenvalue weighted by atomic mass is 10.3. The highest BCUT2D eigenvalue weighted by Gasteiger charge is 2.00. The van der Waals surface area contributed by atoms with Gasteiger partial charge in [0.25, 0.3) is 5.24 Å². The Morgan fingerprint density at radius 2 is 1.61 bits per heavy atom. The Hall–Kier alpha value is -1.94. The highest BCUT2D eigenvalue weighted by molar-refractivity contribution is 8.13. The first kappa shape index (κ1) is 12.5. The molecular weight excluding hydrogens is 246 g/mol. The van der Waals surface area contributed by atoms with E-state index in [1.807, 2.05) is 54.6 Å². The summed E-state index contributed by atoms with van der Waals surface area (Å²) in [6.07, 6.45) is 1.74. The van der Waals surface area contributed by atoms with Gasteiger partial charge in [-0.2, -0.15) is 0 Å². The zero-order valence-electron chi connectivity index (χ0n) is 9.92. The van der Waals surface area contributed by atoms with Crippen LogP contribution in [-0.4, -0.2) is 11.5 Å². The monoisotopic (exact) mass is 259 g/mol. The van der Waals surface area contributed by atoms with Crippen LogP contribution in [0.3, 0.4) is 0 Å². The van der Waals surface area contributed by atoms with Crippen molar-refractivity contribution in [3.8, 4) is 11.5 Å². The summed E-state index contributed by atoms with van der Waals surface area (Å²) in [5.74, 6) is 1.53. The van der Waals surface area contributed by atoms with E-state index in [2.05, 4.69) is 5.32 Å². The van der Waals surface area contributed by atoms with Gasteiger partial charge < -0.3 is 10.1 Å². The molecule has 92 valence electrons. The van der Waals surface area contributed by atoms with E-state index >= 15 is 0 Å². The Kier molecular flexibility index (Phi) is 4.25. The summed E-state index contributed by atoms with van der Waals surface area (Å²) >= 11 is 1.15. The maximum Gasteiger partial charge on any atom is 0.283 e. The number of carbonyl (C=O) groups excluding carboxylic acids is 1. The quantitative estimate of drug-likeness (QED) is 0.889. The standard InChI is InChI=1S/C14H13NO2S/c1-18-14(16)15-11-7-9-13(10-8-11)17-12-5-3-2-4-6-12/h2-10H,1H3,(H,15,16). The van der Waals surface area contributed by atoms with Crippen LogP contribution >= 0.6 is 11.8 Å². The summed E-state index contributed by atoms with van der Waals surface area (Å²) in [6.45, 7) is 0. The minimum atomic E-state index is -0.0771. The van der Waals surface area contributed by atoms with Gasteiger partial charge in [-0.05, 0) is 42.7 Å². The Morgan fingerprint density at radius 1 is 1.00 bits per heavy atom. The van der Waals surface area contributed by atoms with Gasteiger partial charge in [0.05, 0.1) is 0 Å². The molecule has 0 aliphatic heterocycles. The molecule has 0 spiro atoms. The maximum absolute atomic E-state index is 11.2. The highest BCUT2D eigenvalue weighted by atomic mass is 32.2. The fourth-order valence-electron chi connectivity index (χ4n) is 1.40. The van der Waals surface area contributed by atoms with Gasteiger partial charge in [0.1, 0.15) is 11.5 Å². The van der Waals surface area contributed by atoms with Crippen LogP contribution in [-0.2, 0) is 0 Å². The lowest BCUT2D eigenvalue weighted by Gasteiger charge is -2.07. The van der Waals surface area contributed by atoms with Crippen molar-refractivity contribution in [2.45, 2.75) is 0 Å². The third-order valence-electron chi connectivity index (χ3n) is 2.27. The minimum Gasteiger partial charge on any atom is -0.457 e. The van der Waals surface area contributed by atoms with Gasteiger partial charge in [-0.25, -0.2) is 0 Å². The number of thioether (sulfide) groups is 1. The summed E-state index contributed by atoms with van der Waals surface area (Å²) in [7, 11) is 0. The Balaban J connectivity index is 2.02. The summed E-state index contributed by atoms with van der Waals surface area (Å²) in [6, 6.07) is 16.8. The van der Waals surface area contributed by atoms with Crippen molar-refractivity contribution in [3.63, 3.8) is 0 Å². The molecule has 0 heterocycles. The number of hydrogen-bond donors (Lipinski definition) is 1. The van der Waals surface area contributed by atoms with E-state index in [1.54, 1.807) is 6.26 Å². The molecule has 2 aromatic rings. The molecule has 3 nitrogen and oxygen atoms in total. The number of anilines is 1. The molecule has 0 fully saturated rings. The molecule has 0 saturated carbocycles. The van der Waals surface area contributed by atoms with E-state index in [0.717, 1.165) is 28.9 Å². The molecule has 1 N–H and O–H groups in total. The van der Waals surface area contributed by atoms with Crippen LogP contribution in [0.15, 0.2) is 54.6 Å². The average Bonchev–Trinajstić information content (AvgIpc) is 2.42. The highest BCUT2D eigenvalue weighted by Crippen LogP contribution is 2.22. The Morgan fingerprint density at radius 3 is 2.22 bits per heavy atom. The molecule has 0 aliphatic carbocycles. The summed E-state index contributed by atoms with van der Waals surface area (Å²) < 4.78 is 5.65. The molecule has 2 aromatic carbocycles. The molecule has 2 rings (SSSR count). The van der Waals surface area contributed by atoms with Gasteiger partial charge in [0.15, 0.2) is 0 Å². The van der Waals surface area contributed by atoms with E-state index in [4.69, 9.17) is 4.74 Å². The second-order valence-electron chi connectivity index (χ2n) is 3.56. The zero-order chi connectivity index (χ0) is 12.8. The van der Waals surface area contributed by atoms with Crippen molar-refractivity contribution in [2.24, 2.45) is 0 Å². The normalized spacial score (nSPS) is 9.83. The van der Waals surface area contributed by atoms with E-state index < -0.39 is 0 Å².